The molecule has 0 bridgehead atoms. The summed E-state index contributed by atoms with van der Waals surface area (Å²) in [6.45, 7) is 0.546. The van der Waals surface area contributed by atoms with Gasteiger partial charge in [0.05, 0.1) is 12.1 Å². The van der Waals surface area contributed by atoms with Gasteiger partial charge in [0.15, 0.2) is 12.4 Å². The first-order valence-corrected chi connectivity index (χ1v) is 10.6. The molecule has 4 nitrogen and oxygen atoms in total. The molecule has 1 saturated carbocycles. The van der Waals surface area contributed by atoms with Crippen molar-refractivity contribution in [2.24, 2.45) is 0 Å². The van der Waals surface area contributed by atoms with E-state index in [1.807, 2.05) is 28.7 Å². The van der Waals surface area contributed by atoms with Gasteiger partial charge in [-0.3, -0.25) is 4.79 Å². The monoisotopic (exact) mass is 407 g/mol. The van der Waals surface area contributed by atoms with Crippen LogP contribution in [0.4, 0.5) is 0 Å². The van der Waals surface area contributed by atoms with Gasteiger partial charge in [0.2, 0.25) is 0 Å². The van der Waals surface area contributed by atoms with E-state index in [-0.39, 0.29) is 11.9 Å². The summed E-state index contributed by atoms with van der Waals surface area (Å²) in [4.78, 5) is 14.8. The Balaban J connectivity index is 1.36. The van der Waals surface area contributed by atoms with E-state index >= 15 is 0 Å². The second-order valence-corrected chi connectivity index (χ2v) is 8.76. The zero-order valence-corrected chi connectivity index (χ0v) is 17.2. The van der Waals surface area contributed by atoms with Gasteiger partial charge in [-0.15, -0.1) is 0 Å². The van der Waals surface area contributed by atoms with Crippen LogP contribution in [-0.4, -0.2) is 45.9 Å². The number of aliphatic hydroxyl groups is 1. The molecule has 0 aromatic heterocycles. The summed E-state index contributed by atoms with van der Waals surface area (Å²) in [5, 5.41) is 10.9. The molecule has 1 fully saturated rings. The highest BCUT2D eigenvalue weighted by atomic mass is 35.5. The number of amides is 1. The normalized spacial score (nSPS) is 23.0. The Morgan fingerprint density at radius 2 is 1.97 bits per heavy atom. The number of carbonyl (C=O) groups excluding carboxylic acids is 1. The molecule has 0 saturated heterocycles. The van der Waals surface area contributed by atoms with Gasteiger partial charge in [0.1, 0.15) is 12.6 Å². The second kappa shape index (κ2) is 7.12. The highest BCUT2D eigenvalue weighted by molar-refractivity contribution is 6.31. The van der Waals surface area contributed by atoms with E-state index in [2.05, 4.69) is 36.7 Å². The molecular weight excluding hydrogens is 384 g/mol. The van der Waals surface area contributed by atoms with Crippen LogP contribution in [0.3, 0.4) is 0 Å². The van der Waals surface area contributed by atoms with E-state index in [0.29, 0.717) is 18.0 Å². The van der Waals surface area contributed by atoms with Gasteiger partial charge in [0.25, 0.3) is 5.91 Å². The summed E-state index contributed by atoms with van der Waals surface area (Å²) < 4.78 is 2.04. The lowest BCUT2D eigenvalue weighted by molar-refractivity contribution is -0.423. The van der Waals surface area contributed by atoms with Crippen molar-refractivity contribution >= 4 is 29.3 Å². The highest BCUT2D eigenvalue weighted by Gasteiger charge is 2.38. The standard InChI is InChI=1S/C24H24ClN2O2/c1-26-12-19(13-26)16-7-5-15(6-8-16)9-17-10-20-18(11-21(17)25)14-27(24(20)29)22-3-2-4-23(22)28/h5-8,10-13,22-23,28H,2-4,9,14H2,1H3/q+1. The fraction of sp³-hybridized carbons (Fsp3) is 0.333. The molecule has 0 radical (unpaired) electrons. The molecule has 1 N–H and O–H groups in total. The molecule has 3 aliphatic rings. The lowest BCUT2D eigenvalue weighted by Crippen LogP contribution is -2.40. The number of carbonyl (C=O) groups is 1. The lowest BCUT2D eigenvalue weighted by atomic mass is 9.98. The van der Waals surface area contributed by atoms with Gasteiger partial charge < -0.3 is 10.0 Å². The predicted octanol–water partition coefficient (Wildman–Crippen LogP) is 3.87. The van der Waals surface area contributed by atoms with E-state index in [1.54, 1.807) is 0 Å². The van der Waals surface area contributed by atoms with Crippen LogP contribution in [0.1, 0.15) is 51.9 Å². The van der Waals surface area contributed by atoms with E-state index in [1.165, 1.54) is 11.1 Å². The molecule has 5 rings (SSSR count). The van der Waals surface area contributed by atoms with E-state index in [9.17, 15) is 9.90 Å². The molecule has 2 aliphatic heterocycles. The number of benzene rings is 2. The fourth-order valence-corrected chi connectivity index (χ4v) is 4.95. The van der Waals surface area contributed by atoms with E-state index in [4.69, 9.17) is 11.6 Å². The molecular formula is C24H24ClN2O2+. The number of hydrogen-bond acceptors (Lipinski definition) is 2. The molecule has 2 aromatic carbocycles. The zero-order valence-electron chi connectivity index (χ0n) is 16.4. The van der Waals surface area contributed by atoms with Gasteiger partial charge in [-0.25, -0.2) is 4.58 Å². The molecule has 0 spiro atoms. The van der Waals surface area contributed by atoms with Crippen molar-refractivity contribution in [1.82, 2.24) is 4.90 Å². The summed E-state index contributed by atoms with van der Waals surface area (Å²) in [7, 11) is 2.02. The van der Waals surface area contributed by atoms with Gasteiger partial charge in [-0.05, 0) is 60.1 Å². The molecule has 148 valence electrons. The van der Waals surface area contributed by atoms with Crippen molar-refractivity contribution in [2.45, 2.75) is 44.4 Å². The average molecular weight is 408 g/mol. The first-order chi connectivity index (χ1) is 14.0. The van der Waals surface area contributed by atoms with Gasteiger partial charge in [-0.2, -0.15) is 0 Å². The number of hydrogen-bond donors (Lipinski definition) is 1. The Morgan fingerprint density at radius 3 is 2.62 bits per heavy atom. The van der Waals surface area contributed by atoms with Crippen LogP contribution < -0.4 is 0 Å². The highest BCUT2D eigenvalue weighted by Crippen LogP contribution is 2.35. The number of allylic oxidation sites excluding steroid dienone is 1. The Bertz CT molecular complexity index is 1060. The molecule has 5 heteroatoms. The van der Waals surface area contributed by atoms with E-state index < -0.39 is 6.10 Å². The summed E-state index contributed by atoms with van der Waals surface area (Å²) in [6.07, 6.45) is 7.10. The summed E-state index contributed by atoms with van der Waals surface area (Å²) in [5.74, 6) is 0.0239. The third kappa shape index (κ3) is 3.30. The number of aliphatic hydroxyl groups excluding tert-OH is 1. The topological polar surface area (TPSA) is 43.5 Å². The van der Waals surface area contributed by atoms with Crippen LogP contribution in [0.2, 0.25) is 5.02 Å². The summed E-state index contributed by atoms with van der Waals surface area (Å²) in [6, 6.07) is 12.3. The number of rotatable bonds is 4. The van der Waals surface area contributed by atoms with Gasteiger partial charge >= 0.3 is 0 Å². The Hall–Kier alpha value is -2.43. The zero-order chi connectivity index (χ0) is 20.1. The molecule has 1 aliphatic carbocycles. The van der Waals surface area contributed by atoms with Crippen molar-refractivity contribution in [2.75, 3.05) is 7.05 Å². The lowest BCUT2D eigenvalue weighted by Gasteiger charge is -2.26. The third-order valence-electron chi connectivity index (χ3n) is 6.32. The van der Waals surface area contributed by atoms with Crippen molar-refractivity contribution in [1.29, 1.82) is 0 Å². The van der Waals surface area contributed by atoms with Crippen LogP contribution in [0, 0.1) is 0 Å². The van der Waals surface area contributed by atoms with Crippen molar-refractivity contribution in [3.63, 3.8) is 0 Å². The largest absolute Gasteiger partial charge is 0.391 e. The smallest absolute Gasteiger partial charge is 0.254 e. The molecule has 2 unspecified atom stereocenters. The fourth-order valence-electron chi connectivity index (χ4n) is 4.70. The SMILES string of the molecule is C[N+]1=CC(c2ccc(Cc3cc4c(cc3Cl)CN(C3CCCC3O)C4=O)cc2)=C1. The van der Waals surface area contributed by atoms with Crippen LogP contribution in [-0.2, 0) is 13.0 Å². The number of fused-ring (bicyclic) bond motifs is 1. The average Bonchev–Trinajstić information content (AvgIpc) is 3.23. The quantitative estimate of drug-likeness (QED) is 0.782. The molecule has 29 heavy (non-hydrogen) atoms. The first-order valence-electron chi connectivity index (χ1n) is 10.2. The molecule has 2 atom stereocenters. The van der Waals surface area contributed by atoms with Gasteiger partial charge in [-0.1, -0.05) is 35.9 Å². The predicted molar refractivity (Wildman–Crippen MR) is 114 cm³/mol. The van der Waals surface area contributed by atoms with Crippen LogP contribution in [0.25, 0.3) is 5.57 Å². The number of halogens is 1. The first kappa shape index (κ1) is 18.6. The minimum atomic E-state index is -0.412. The Kier molecular flexibility index (Phi) is 4.56. The van der Waals surface area contributed by atoms with Crippen LogP contribution in [0.15, 0.2) is 42.6 Å². The summed E-state index contributed by atoms with van der Waals surface area (Å²) >= 11 is 6.57. The maximum absolute atomic E-state index is 13.0. The van der Waals surface area contributed by atoms with Gasteiger partial charge in [0, 0.05) is 17.1 Å². The number of nitrogens with zero attached hydrogens (tertiary/aromatic N) is 2. The minimum Gasteiger partial charge on any atom is -0.391 e. The minimum absolute atomic E-state index is 0.0239. The van der Waals surface area contributed by atoms with Crippen LogP contribution in [0.5, 0.6) is 0 Å². The Labute approximate surface area is 175 Å². The van der Waals surface area contributed by atoms with Crippen LogP contribution >= 0.6 is 11.6 Å². The maximum Gasteiger partial charge on any atom is 0.254 e. The van der Waals surface area contributed by atoms with Crippen molar-refractivity contribution < 1.29 is 14.5 Å². The van der Waals surface area contributed by atoms with Crippen molar-refractivity contribution in [3.05, 3.63) is 75.4 Å². The molecule has 2 heterocycles. The maximum atomic E-state index is 13.0. The van der Waals surface area contributed by atoms with E-state index in [0.717, 1.165) is 41.5 Å². The third-order valence-corrected chi connectivity index (χ3v) is 6.67. The molecule has 1 amide bonds. The van der Waals surface area contributed by atoms with Crippen molar-refractivity contribution in [3.8, 4) is 0 Å². The molecule has 2 aromatic rings. The summed E-state index contributed by atoms with van der Waals surface area (Å²) in [5.41, 5.74) is 6.27. The second-order valence-electron chi connectivity index (χ2n) is 8.35. The Morgan fingerprint density at radius 1 is 1.21 bits per heavy atom.